The fourth-order valence-corrected chi connectivity index (χ4v) is 7.75. The van der Waals surface area contributed by atoms with Crippen LogP contribution in [-0.4, -0.2) is 33.3 Å². The Labute approximate surface area is 178 Å². The normalized spacial score (nSPS) is 32.0. The number of rotatable bonds is 2. The van der Waals surface area contributed by atoms with Crippen LogP contribution in [0.2, 0.25) is 5.02 Å². The van der Waals surface area contributed by atoms with E-state index in [1.807, 2.05) is 0 Å². The fraction of sp³-hybridized carbons (Fsp3) is 0.300. The fourth-order valence-electron chi connectivity index (χ4n) is 5.19. The molecule has 1 saturated heterocycles. The number of H-pyrrole nitrogens is 1. The van der Waals surface area contributed by atoms with Crippen molar-refractivity contribution in [1.29, 1.82) is 0 Å². The van der Waals surface area contributed by atoms with Crippen molar-refractivity contribution in [2.75, 3.05) is 0 Å². The standard InChI is InChI=1S/C20H14ClN3O3S2/c21-9-3-1-8(2-4-9)7-22-24-18(25)14-10-5-12(15(14)19(24)26)16-11(10)6-13-17(29-16)23-20(27)28-13/h1-4,6-7,10,12,14-16H,5H2,(H,23,27)/b22-7-/t10-,12+,14+,15-,16-/m1/s1. The summed E-state index contributed by atoms with van der Waals surface area (Å²) in [5, 5.41) is 6.92. The number of aromatic nitrogens is 1. The first-order chi connectivity index (χ1) is 14.0. The average Bonchev–Trinajstić information content (AvgIpc) is 3.41. The molecule has 29 heavy (non-hydrogen) atoms. The van der Waals surface area contributed by atoms with Crippen molar-refractivity contribution in [2.45, 2.75) is 16.7 Å². The number of hydrogen-bond acceptors (Lipinski definition) is 6. The molecule has 2 amide bonds. The number of amides is 2. The molecule has 2 bridgehead atoms. The van der Waals surface area contributed by atoms with Crippen molar-refractivity contribution in [2.24, 2.45) is 28.8 Å². The minimum absolute atomic E-state index is 0.0556. The van der Waals surface area contributed by atoms with Crippen LogP contribution in [0.1, 0.15) is 16.9 Å². The highest BCUT2D eigenvalue weighted by Gasteiger charge is 2.66. The van der Waals surface area contributed by atoms with E-state index in [4.69, 9.17) is 11.6 Å². The number of imide groups is 1. The Balaban J connectivity index is 1.32. The number of halogens is 1. The number of thiazole rings is 1. The van der Waals surface area contributed by atoms with Gasteiger partial charge in [0, 0.05) is 10.3 Å². The minimum atomic E-state index is -0.338. The van der Waals surface area contributed by atoms with Crippen molar-refractivity contribution in [1.82, 2.24) is 9.99 Å². The monoisotopic (exact) mass is 443 g/mol. The second-order valence-corrected chi connectivity index (χ2v) is 10.3. The summed E-state index contributed by atoms with van der Waals surface area (Å²) < 4.78 is 0. The Hall–Kier alpha value is -2.16. The summed E-state index contributed by atoms with van der Waals surface area (Å²) in [6.45, 7) is 0. The molecule has 4 aliphatic rings. The lowest BCUT2D eigenvalue weighted by Gasteiger charge is -2.32. The molecular formula is C20H14ClN3O3S2. The van der Waals surface area contributed by atoms with E-state index in [1.165, 1.54) is 23.1 Å². The molecule has 5 atom stereocenters. The summed E-state index contributed by atoms with van der Waals surface area (Å²) in [6, 6.07) is 7.05. The van der Waals surface area contributed by atoms with E-state index >= 15 is 0 Å². The Kier molecular flexibility index (Phi) is 3.76. The first-order valence-corrected chi connectivity index (χ1v) is 11.4. The molecule has 0 unspecified atom stereocenters. The smallest absolute Gasteiger partial charge is 0.305 e. The van der Waals surface area contributed by atoms with Crippen LogP contribution < -0.4 is 4.87 Å². The molecule has 3 fully saturated rings. The molecule has 2 aliphatic heterocycles. The number of carbonyl (C=O) groups is 2. The highest BCUT2D eigenvalue weighted by molar-refractivity contribution is 8.00. The first kappa shape index (κ1) is 17.7. The van der Waals surface area contributed by atoms with Crippen LogP contribution in [0.5, 0.6) is 0 Å². The highest BCUT2D eigenvalue weighted by Crippen LogP contribution is 2.64. The number of hydrogen-bond donors (Lipinski definition) is 1. The summed E-state index contributed by atoms with van der Waals surface area (Å²) in [6.07, 6.45) is 4.44. The van der Waals surface area contributed by atoms with Gasteiger partial charge in [-0.25, -0.2) is 0 Å². The van der Waals surface area contributed by atoms with E-state index in [1.54, 1.807) is 36.0 Å². The van der Waals surface area contributed by atoms with E-state index < -0.39 is 0 Å². The van der Waals surface area contributed by atoms with E-state index in [-0.39, 0.29) is 45.6 Å². The molecular weight excluding hydrogens is 430 g/mol. The first-order valence-electron chi connectivity index (χ1n) is 9.30. The van der Waals surface area contributed by atoms with Gasteiger partial charge in [0.2, 0.25) is 0 Å². The third-order valence-electron chi connectivity index (χ3n) is 6.32. The van der Waals surface area contributed by atoms with Crippen molar-refractivity contribution in [3.63, 3.8) is 0 Å². The average molecular weight is 444 g/mol. The summed E-state index contributed by atoms with van der Waals surface area (Å²) in [5.74, 6) is -0.922. The Morgan fingerprint density at radius 3 is 2.69 bits per heavy atom. The number of nitrogens with one attached hydrogen (secondary N) is 1. The zero-order chi connectivity index (χ0) is 19.9. The van der Waals surface area contributed by atoms with Gasteiger partial charge in [0.05, 0.1) is 28.0 Å². The maximum atomic E-state index is 13.1. The second-order valence-electron chi connectivity index (χ2n) is 7.73. The van der Waals surface area contributed by atoms with E-state index in [9.17, 15) is 14.4 Å². The van der Waals surface area contributed by atoms with Gasteiger partial charge in [-0.1, -0.05) is 52.4 Å². The summed E-state index contributed by atoms with van der Waals surface area (Å²) in [7, 11) is 0. The molecule has 2 aromatic rings. The Bertz CT molecular complexity index is 1180. The van der Waals surface area contributed by atoms with Crippen LogP contribution in [0.4, 0.5) is 0 Å². The van der Waals surface area contributed by atoms with Gasteiger partial charge in [0.15, 0.2) is 0 Å². The van der Waals surface area contributed by atoms with E-state index in [2.05, 4.69) is 16.2 Å². The number of thioether (sulfide) groups is 1. The summed E-state index contributed by atoms with van der Waals surface area (Å²) >= 11 is 8.72. The molecule has 1 aromatic carbocycles. The molecule has 0 radical (unpaired) electrons. The van der Waals surface area contributed by atoms with Gasteiger partial charge in [-0.15, -0.1) is 0 Å². The molecule has 3 heterocycles. The molecule has 2 aliphatic carbocycles. The van der Waals surface area contributed by atoms with E-state index in [0.717, 1.165) is 26.9 Å². The van der Waals surface area contributed by atoms with Crippen molar-refractivity contribution < 1.29 is 9.59 Å². The van der Waals surface area contributed by atoms with Gasteiger partial charge in [-0.3, -0.25) is 14.4 Å². The van der Waals surface area contributed by atoms with Crippen molar-refractivity contribution >= 4 is 58.8 Å². The maximum Gasteiger partial charge on any atom is 0.305 e. The topological polar surface area (TPSA) is 82.6 Å². The highest BCUT2D eigenvalue weighted by atomic mass is 35.5. The van der Waals surface area contributed by atoms with Crippen LogP contribution in [-0.2, 0) is 9.59 Å². The molecule has 0 spiro atoms. The van der Waals surface area contributed by atoms with Crippen LogP contribution in [0, 0.1) is 23.7 Å². The Morgan fingerprint density at radius 1 is 1.14 bits per heavy atom. The van der Waals surface area contributed by atoms with Crippen LogP contribution in [0.15, 0.2) is 44.8 Å². The molecule has 6 rings (SSSR count). The quantitative estimate of drug-likeness (QED) is 0.570. The largest absolute Gasteiger partial charge is 0.307 e. The number of fused-ring (bicyclic) bond motifs is 9. The number of aromatic amines is 1. The molecule has 2 saturated carbocycles. The third-order valence-corrected chi connectivity index (χ3v) is 8.96. The number of nitrogens with zero attached hydrogens (tertiary/aromatic N) is 2. The van der Waals surface area contributed by atoms with E-state index in [0.29, 0.717) is 5.02 Å². The van der Waals surface area contributed by atoms with Gasteiger partial charge in [-0.05, 0) is 42.0 Å². The summed E-state index contributed by atoms with van der Waals surface area (Å²) in [4.78, 5) is 41.6. The molecule has 1 aromatic heterocycles. The number of carbonyl (C=O) groups excluding carboxylic acids is 2. The van der Waals surface area contributed by atoms with Gasteiger partial charge in [0.1, 0.15) is 0 Å². The molecule has 1 N–H and O–H groups in total. The van der Waals surface area contributed by atoms with Crippen molar-refractivity contribution in [3.05, 3.63) is 55.0 Å². The Morgan fingerprint density at radius 2 is 1.90 bits per heavy atom. The number of benzene rings is 1. The van der Waals surface area contributed by atoms with Crippen LogP contribution in [0.25, 0.3) is 6.08 Å². The third kappa shape index (κ3) is 2.49. The zero-order valence-electron chi connectivity index (χ0n) is 14.9. The minimum Gasteiger partial charge on any atom is -0.307 e. The lowest BCUT2D eigenvalue weighted by atomic mass is 9.77. The molecule has 9 heteroatoms. The number of hydrazone groups is 1. The van der Waals surface area contributed by atoms with Gasteiger partial charge in [-0.2, -0.15) is 10.1 Å². The second kappa shape index (κ2) is 6.17. The SMILES string of the molecule is O=C1[C@@H]2[C@@H]3C[C@H](C4=Cc5sc(=O)[nH]c5S[C@H]43)[C@@H]2C(=O)N1/N=C\c1ccc(Cl)cc1. The van der Waals surface area contributed by atoms with Gasteiger partial charge < -0.3 is 4.98 Å². The lowest BCUT2D eigenvalue weighted by molar-refractivity contribution is -0.140. The maximum absolute atomic E-state index is 13.1. The summed E-state index contributed by atoms with van der Waals surface area (Å²) in [5.41, 5.74) is 1.98. The molecule has 146 valence electrons. The molecule has 6 nitrogen and oxygen atoms in total. The van der Waals surface area contributed by atoms with Crippen molar-refractivity contribution in [3.8, 4) is 0 Å². The van der Waals surface area contributed by atoms with Crippen LogP contribution >= 0.6 is 34.7 Å². The predicted octanol–water partition coefficient (Wildman–Crippen LogP) is 3.23. The van der Waals surface area contributed by atoms with Crippen LogP contribution in [0.3, 0.4) is 0 Å². The van der Waals surface area contributed by atoms with Gasteiger partial charge >= 0.3 is 4.87 Å². The zero-order valence-corrected chi connectivity index (χ0v) is 17.3. The van der Waals surface area contributed by atoms with Gasteiger partial charge in [0.25, 0.3) is 11.8 Å². The lowest BCUT2D eigenvalue weighted by Crippen LogP contribution is -2.34. The predicted molar refractivity (Wildman–Crippen MR) is 112 cm³/mol.